The lowest BCUT2D eigenvalue weighted by molar-refractivity contribution is 0.440. The van der Waals surface area contributed by atoms with Crippen LogP contribution in [0.15, 0.2) is 39.9 Å². The predicted molar refractivity (Wildman–Crippen MR) is 84.2 cm³/mol. The highest BCUT2D eigenvalue weighted by atomic mass is 79.9. The second-order valence-corrected chi connectivity index (χ2v) is 5.65. The summed E-state index contributed by atoms with van der Waals surface area (Å²) in [4.78, 5) is 0. The molecule has 0 aliphatic heterocycles. The van der Waals surface area contributed by atoms with E-state index in [0.717, 1.165) is 10.0 Å². The molecule has 0 radical (unpaired) electrons. The van der Waals surface area contributed by atoms with Crippen LogP contribution in [0.5, 0.6) is 0 Å². The van der Waals surface area contributed by atoms with Gasteiger partial charge in [-0.3, -0.25) is 0 Å². The van der Waals surface area contributed by atoms with E-state index in [2.05, 4.69) is 69.8 Å². The number of aromatic nitrogens is 1. The van der Waals surface area contributed by atoms with Crippen LogP contribution in [0.2, 0.25) is 0 Å². The van der Waals surface area contributed by atoms with Crippen LogP contribution in [0.4, 0.5) is 0 Å². The first-order valence-electron chi connectivity index (χ1n) is 6.15. The molecule has 0 unspecified atom stereocenters. The summed E-state index contributed by atoms with van der Waals surface area (Å²) in [6.45, 7) is 4.23. The van der Waals surface area contributed by atoms with Crippen molar-refractivity contribution in [1.82, 2.24) is 9.58 Å². The molecule has 2 rings (SSSR count). The Morgan fingerprint density at radius 2 is 1.79 bits per heavy atom. The molecular weight excluding hydrogens is 302 g/mol. The molecule has 0 amide bonds. The third-order valence-electron chi connectivity index (χ3n) is 2.98. The number of hydrogen-bond donors (Lipinski definition) is 0. The highest BCUT2D eigenvalue weighted by molar-refractivity contribution is 9.10. The van der Waals surface area contributed by atoms with Crippen LogP contribution >= 0.6 is 15.9 Å². The Morgan fingerprint density at radius 1 is 1.16 bits per heavy atom. The third-order valence-corrected chi connectivity index (χ3v) is 3.51. The lowest BCUT2D eigenvalue weighted by Gasteiger charge is -2.09. The van der Waals surface area contributed by atoms with Gasteiger partial charge in [-0.1, -0.05) is 15.9 Å². The lowest BCUT2D eigenvalue weighted by Crippen LogP contribution is -2.03. The smallest absolute Gasteiger partial charge is 0.0560 e. The zero-order chi connectivity index (χ0) is 14.0. The molecule has 0 N–H and O–H groups in total. The number of hydrogen-bond acceptors (Lipinski definition) is 2. The number of nitrogens with zero attached hydrogens (tertiary/aromatic N) is 3. The average molecular weight is 320 g/mol. The van der Waals surface area contributed by atoms with Crippen molar-refractivity contribution >= 4 is 22.1 Å². The largest absolute Gasteiger partial charge is 0.318 e. The van der Waals surface area contributed by atoms with Gasteiger partial charge in [0, 0.05) is 41.2 Å². The van der Waals surface area contributed by atoms with E-state index in [0.29, 0.717) is 0 Å². The molecule has 100 valence electrons. The summed E-state index contributed by atoms with van der Waals surface area (Å²) in [5, 5.41) is 6.10. The highest BCUT2D eigenvalue weighted by Gasteiger charge is 2.09. The van der Waals surface area contributed by atoms with E-state index in [1.165, 1.54) is 17.1 Å². The fourth-order valence-corrected chi connectivity index (χ4v) is 2.35. The van der Waals surface area contributed by atoms with Gasteiger partial charge in [0.05, 0.1) is 6.21 Å². The Balaban J connectivity index is 2.44. The second kappa shape index (κ2) is 5.61. The molecule has 0 aliphatic rings. The fourth-order valence-electron chi connectivity index (χ4n) is 2.08. The topological polar surface area (TPSA) is 20.5 Å². The molecule has 0 saturated heterocycles. The van der Waals surface area contributed by atoms with Crippen molar-refractivity contribution in [3.05, 3.63) is 51.8 Å². The minimum Gasteiger partial charge on any atom is -0.318 e. The Bertz CT molecular complexity index is 595. The van der Waals surface area contributed by atoms with Crippen molar-refractivity contribution in [3.63, 3.8) is 0 Å². The van der Waals surface area contributed by atoms with Gasteiger partial charge in [-0.15, -0.1) is 0 Å². The molecule has 0 aliphatic carbocycles. The fraction of sp³-hybridized carbons (Fsp3) is 0.267. The summed E-state index contributed by atoms with van der Waals surface area (Å²) in [6, 6.07) is 10.5. The van der Waals surface area contributed by atoms with Crippen LogP contribution < -0.4 is 0 Å². The van der Waals surface area contributed by atoms with E-state index >= 15 is 0 Å². The lowest BCUT2D eigenvalue weighted by atomic mass is 10.2. The van der Waals surface area contributed by atoms with E-state index in [4.69, 9.17) is 0 Å². The summed E-state index contributed by atoms with van der Waals surface area (Å²) < 4.78 is 3.33. The van der Waals surface area contributed by atoms with Crippen LogP contribution in [0.25, 0.3) is 5.69 Å². The molecule has 4 heteroatoms. The van der Waals surface area contributed by atoms with Gasteiger partial charge < -0.3 is 9.58 Å². The Kier molecular flexibility index (Phi) is 4.10. The Hall–Kier alpha value is -1.55. The van der Waals surface area contributed by atoms with E-state index in [9.17, 15) is 0 Å². The zero-order valence-corrected chi connectivity index (χ0v) is 13.3. The highest BCUT2D eigenvalue weighted by Crippen LogP contribution is 2.21. The molecule has 0 atom stereocenters. The number of hydrazone groups is 1. The van der Waals surface area contributed by atoms with Crippen LogP contribution in [-0.2, 0) is 0 Å². The minimum absolute atomic E-state index is 1.09. The summed E-state index contributed by atoms with van der Waals surface area (Å²) in [7, 11) is 3.84. The van der Waals surface area contributed by atoms with Crippen molar-refractivity contribution < 1.29 is 0 Å². The summed E-state index contributed by atoms with van der Waals surface area (Å²) in [6.07, 6.45) is 1.90. The van der Waals surface area contributed by atoms with E-state index in [1.807, 2.05) is 20.3 Å². The van der Waals surface area contributed by atoms with Crippen LogP contribution in [-0.4, -0.2) is 29.9 Å². The van der Waals surface area contributed by atoms with E-state index < -0.39 is 0 Å². The van der Waals surface area contributed by atoms with Gasteiger partial charge in [-0.25, -0.2) is 0 Å². The maximum atomic E-state index is 4.31. The van der Waals surface area contributed by atoms with Crippen molar-refractivity contribution in [2.45, 2.75) is 13.8 Å². The zero-order valence-electron chi connectivity index (χ0n) is 11.7. The molecule has 1 heterocycles. The quantitative estimate of drug-likeness (QED) is 0.623. The summed E-state index contributed by atoms with van der Waals surface area (Å²) >= 11 is 3.47. The molecule has 3 nitrogen and oxygen atoms in total. The van der Waals surface area contributed by atoms with Crippen molar-refractivity contribution in [3.8, 4) is 5.69 Å². The summed E-state index contributed by atoms with van der Waals surface area (Å²) in [5.74, 6) is 0. The Morgan fingerprint density at radius 3 is 2.37 bits per heavy atom. The standard InChI is InChI=1S/C15H18BrN3/c1-11-9-13(10-17-18(3)4)12(2)19(11)15-7-5-14(16)6-8-15/h5-10H,1-4H3. The molecule has 0 spiro atoms. The first-order chi connectivity index (χ1) is 8.99. The molecule has 0 fully saturated rings. The van der Waals surface area contributed by atoms with Crippen molar-refractivity contribution in [2.75, 3.05) is 14.1 Å². The Labute approximate surface area is 122 Å². The molecule has 2 aromatic rings. The normalized spacial score (nSPS) is 11.2. The maximum Gasteiger partial charge on any atom is 0.0560 e. The van der Waals surface area contributed by atoms with Gasteiger partial charge >= 0.3 is 0 Å². The van der Waals surface area contributed by atoms with Gasteiger partial charge in [0.15, 0.2) is 0 Å². The van der Waals surface area contributed by atoms with Crippen LogP contribution in [0, 0.1) is 13.8 Å². The molecular formula is C15H18BrN3. The SMILES string of the molecule is Cc1cc(C=NN(C)C)c(C)n1-c1ccc(Br)cc1. The first-order valence-corrected chi connectivity index (χ1v) is 6.94. The van der Waals surface area contributed by atoms with Gasteiger partial charge in [-0.2, -0.15) is 5.10 Å². The van der Waals surface area contributed by atoms with Gasteiger partial charge in [0.1, 0.15) is 0 Å². The summed E-state index contributed by atoms with van der Waals surface area (Å²) in [5.41, 5.74) is 4.72. The van der Waals surface area contributed by atoms with Crippen LogP contribution in [0.1, 0.15) is 17.0 Å². The van der Waals surface area contributed by atoms with Crippen LogP contribution in [0.3, 0.4) is 0 Å². The number of benzene rings is 1. The first kappa shape index (κ1) is 13.9. The maximum absolute atomic E-state index is 4.31. The van der Waals surface area contributed by atoms with E-state index in [-0.39, 0.29) is 0 Å². The monoisotopic (exact) mass is 319 g/mol. The van der Waals surface area contributed by atoms with Gasteiger partial charge in [0.2, 0.25) is 0 Å². The minimum atomic E-state index is 1.09. The molecule has 19 heavy (non-hydrogen) atoms. The molecule has 1 aromatic heterocycles. The van der Waals surface area contributed by atoms with Crippen molar-refractivity contribution in [2.24, 2.45) is 5.10 Å². The number of rotatable bonds is 3. The van der Waals surface area contributed by atoms with Crippen molar-refractivity contribution in [1.29, 1.82) is 0 Å². The average Bonchev–Trinajstić information content (AvgIpc) is 2.63. The molecule has 0 bridgehead atoms. The molecule has 0 saturated carbocycles. The second-order valence-electron chi connectivity index (χ2n) is 4.73. The van der Waals surface area contributed by atoms with E-state index in [1.54, 1.807) is 5.01 Å². The number of aryl methyl sites for hydroxylation is 1. The van der Waals surface area contributed by atoms with Gasteiger partial charge in [-0.05, 0) is 44.2 Å². The predicted octanol–water partition coefficient (Wildman–Crippen LogP) is 3.75. The van der Waals surface area contributed by atoms with Gasteiger partial charge in [0.25, 0.3) is 0 Å². The third kappa shape index (κ3) is 3.07. The molecule has 1 aromatic carbocycles. The number of halogens is 1.